The number of nitrogen functional groups attached to an aromatic ring is 1. The second-order valence-corrected chi connectivity index (χ2v) is 8.75. The van der Waals surface area contributed by atoms with E-state index >= 15 is 4.39 Å². The largest absolute Gasteiger partial charge is 0.496 e. The lowest BCUT2D eigenvalue weighted by atomic mass is 9.85. The highest BCUT2D eigenvalue weighted by atomic mass is 19.1. The molecule has 2 heterocycles. The van der Waals surface area contributed by atoms with Crippen LogP contribution in [0.5, 0.6) is 5.75 Å². The summed E-state index contributed by atoms with van der Waals surface area (Å²) in [5, 5.41) is 6.72. The van der Waals surface area contributed by atoms with Crippen LogP contribution >= 0.6 is 0 Å². The van der Waals surface area contributed by atoms with Gasteiger partial charge in [0.1, 0.15) is 17.2 Å². The van der Waals surface area contributed by atoms with E-state index in [2.05, 4.69) is 24.0 Å². The van der Waals surface area contributed by atoms with Gasteiger partial charge in [-0.15, -0.1) is 0 Å². The Bertz CT molecular complexity index is 826. The number of hydrogen-bond donors (Lipinski definition) is 2. The zero-order chi connectivity index (χ0) is 26.4. The number of methoxy groups -OCH3 is 2. The average molecular weight is 481 g/mol. The monoisotopic (exact) mass is 480 g/mol. The van der Waals surface area contributed by atoms with E-state index in [0.717, 1.165) is 17.7 Å². The fourth-order valence-electron chi connectivity index (χ4n) is 2.94. The zero-order valence-electron chi connectivity index (χ0n) is 22.5. The summed E-state index contributed by atoms with van der Waals surface area (Å²) in [5.74, 6) is 0.940. The molecule has 1 amide bonds. The second-order valence-electron chi connectivity index (χ2n) is 8.75. The van der Waals surface area contributed by atoms with Crippen molar-refractivity contribution in [3.63, 3.8) is 0 Å². The Morgan fingerprint density at radius 2 is 1.71 bits per heavy atom. The van der Waals surface area contributed by atoms with E-state index < -0.39 is 5.67 Å². The Labute approximate surface area is 205 Å². The van der Waals surface area contributed by atoms with E-state index in [1.165, 1.54) is 6.42 Å². The molecular formula is C26H45FN4O3. The molecule has 1 saturated heterocycles. The maximum absolute atomic E-state index is 15.2. The predicted molar refractivity (Wildman–Crippen MR) is 139 cm³/mol. The quantitative estimate of drug-likeness (QED) is 0.527. The van der Waals surface area contributed by atoms with E-state index in [4.69, 9.17) is 15.2 Å². The number of amides is 1. The fourth-order valence-corrected chi connectivity index (χ4v) is 2.94. The molecule has 3 N–H and O–H groups in total. The van der Waals surface area contributed by atoms with Gasteiger partial charge in [0.05, 0.1) is 18.4 Å². The van der Waals surface area contributed by atoms with E-state index in [9.17, 15) is 4.79 Å². The van der Waals surface area contributed by atoms with Crippen molar-refractivity contribution in [1.29, 1.82) is 0 Å². The van der Waals surface area contributed by atoms with Gasteiger partial charge in [-0.05, 0) is 38.5 Å². The van der Waals surface area contributed by atoms with Crippen molar-refractivity contribution in [2.24, 2.45) is 0 Å². The molecule has 8 heteroatoms. The first kappa shape index (κ1) is 31.4. The molecule has 1 aliphatic rings. The minimum Gasteiger partial charge on any atom is -0.496 e. The molecule has 0 unspecified atom stereocenters. The number of carbonyl (C=O) groups excluding carboxylic acids is 1. The standard InChI is InChI=1S/C16H19FN4O2.C5H12O.C3H8.C2H6/c1-23-14-8-11(16(17)4-6-21(10-22)7-5-16)2-3-12(14)13-9-15(18)20-19-13;1-5(2,3)6-4;1-3-2;1-2/h2-3,8-10H,4-7H2,1H3,(H3,18,19,20);1-4H3;3H2,1-2H3;1-2H3. The van der Waals surface area contributed by atoms with E-state index in [1.54, 1.807) is 43.4 Å². The summed E-state index contributed by atoms with van der Waals surface area (Å²) in [6.45, 7) is 15.1. The van der Waals surface area contributed by atoms with Gasteiger partial charge in [-0.1, -0.05) is 40.2 Å². The van der Waals surface area contributed by atoms with Gasteiger partial charge in [0.15, 0.2) is 0 Å². The lowest BCUT2D eigenvalue weighted by Gasteiger charge is -2.35. The van der Waals surface area contributed by atoms with Crippen molar-refractivity contribution in [2.75, 3.05) is 33.0 Å². The molecule has 1 aliphatic heterocycles. The van der Waals surface area contributed by atoms with Crippen LogP contribution in [0.2, 0.25) is 0 Å². The lowest BCUT2D eigenvalue weighted by molar-refractivity contribution is -0.120. The summed E-state index contributed by atoms with van der Waals surface area (Å²) in [4.78, 5) is 12.4. The summed E-state index contributed by atoms with van der Waals surface area (Å²) < 4.78 is 25.6. The predicted octanol–water partition coefficient (Wildman–Crippen LogP) is 5.96. The number of aromatic amines is 1. The molecule has 1 aromatic carbocycles. The molecule has 194 valence electrons. The number of carbonyl (C=O) groups is 1. The molecule has 0 aliphatic carbocycles. The zero-order valence-corrected chi connectivity index (χ0v) is 22.5. The number of nitrogens with two attached hydrogens (primary N) is 1. The first-order valence-corrected chi connectivity index (χ1v) is 12.0. The number of rotatable bonds is 4. The number of alkyl halides is 1. The van der Waals surface area contributed by atoms with Crippen molar-refractivity contribution >= 4 is 12.2 Å². The summed E-state index contributed by atoms with van der Waals surface area (Å²) in [7, 11) is 3.25. The number of nitrogens with zero attached hydrogens (tertiary/aromatic N) is 2. The molecule has 1 fully saturated rings. The molecule has 0 radical (unpaired) electrons. The number of ether oxygens (including phenoxy) is 2. The lowest BCUT2D eigenvalue weighted by Crippen LogP contribution is -2.39. The Hall–Kier alpha value is -2.61. The van der Waals surface area contributed by atoms with Crippen molar-refractivity contribution in [1.82, 2.24) is 15.1 Å². The summed E-state index contributed by atoms with van der Waals surface area (Å²) in [6, 6.07) is 6.97. The van der Waals surface area contributed by atoms with Crippen LogP contribution in [0.1, 0.15) is 73.3 Å². The number of nitrogens with one attached hydrogen (secondary N) is 1. The van der Waals surface area contributed by atoms with E-state index in [1.807, 2.05) is 34.6 Å². The number of piperidine rings is 1. The topological polar surface area (TPSA) is 93.5 Å². The summed E-state index contributed by atoms with van der Waals surface area (Å²) in [5.41, 5.74) is 6.28. The molecule has 3 rings (SSSR count). The third kappa shape index (κ3) is 10.1. The van der Waals surface area contributed by atoms with Crippen molar-refractivity contribution in [3.05, 3.63) is 29.8 Å². The van der Waals surface area contributed by atoms with Crippen LogP contribution in [0.4, 0.5) is 10.2 Å². The van der Waals surface area contributed by atoms with Crippen LogP contribution in [-0.4, -0.2) is 54.4 Å². The van der Waals surface area contributed by atoms with Gasteiger partial charge in [-0.2, -0.15) is 5.10 Å². The van der Waals surface area contributed by atoms with Gasteiger partial charge < -0.3 is 20.1 Å². The number of H-pyrrole nitrogens is 1. The number of hydrogen-bond acceptors (Lipinski definition) is 5. The highest BCUT2D eigenvalue weighted by Gasteiger charge is 2.36. The van der Waals surface area contributed by atoms with Crippen LogP contribution in [0.3, 0.4) is 0 Å². The Balaban J connectivity index is 0.000000841. The Kier molecular flexibility index (Phi) is 14.1. The van der Waals surface area contributed by atoms with E-state index in [0.29, 0.717) is 30.2 Å². The SMILES string of the molecule is CC.CCC.COC(C)(C)C.COc1cc(C2(F)CCN(C=O)CC2)ccc1-c1cc(N)n[nH]1. The van der Waals surface area contributed by atoms with Crippen LogP contribution in [0.25, 0.3) is 11.3 Å². The number of anilines is 1. The molecule has 2 aromatic rings. The van der Waals surface area contributed by atoms with Crippen LogP contribution in [0.15, 0.2) is 24.3 Å². The first-order valence-electron chi connectivity index (χ1n) is 12.0. The Morgan fingerprint density at radius 1 is 1.18 bits per heavy atom. The number of aromatic nitrogens is 2. The molecule has 34 heavy (non-hydrogen) atoms. The smallest absolute Gasteiger partial charge is 0.209 e. The van der Waals surface area contributed by atoms with Crippen LogP contribution in [0, 0.1) is 0 Å². The van der Waals surface area contributed by atoms with Crippen molar-refractivity contribution < 1.29 is 18.7 Å². The highest BCUT2D eigenvalue weighted by Crippen LogP contribution is 2.40. The number of benzene rings is 1. The molecule has 0 saturated carbocycles. The minimum absolute atomic E-state index is 0.0417. The summed E-state index contributed by atoms with van der Waals surface area (Å²) in [6.07, 6.45) is 2.59. The van der Waals surface area contributed by atoms with Crippen molar-refractivity contribution in [3.8, 4) is 17.0 Å². The molecule has 0 spiro atoms. The number of halogens is 1. The normalized spacial score (nSPS) is 14.4. The second kappa shape index (κ2) is 15.3. The van der Waals surface area contributed by atoms with Gasteiger partial charge in [-0.25, -0.2) is 4.39 Å². The van der Waals surface area contributed by atoms with Gasteiger partial charge >= 0.3 is 0 Å². The third-order valence-corrected chi connectivity index (χ3v) is 4.96. The first-order chi connectivity index (χ1) is 16.0. The Morgan fingerprint density at radius 3 is 2.09 bits per heavy atom. The average Bonchev–Trinajstić information content (AvgIpc) is 3.27. The molecule has 7 nitrogen and oxygen atoms in total. The van der Waals surface area contributed by atoms with Crippen LogP contribution in [-0.2, 0) is 15.2 Å². The van der Waals surface area contributed by atoms with Gasteiger partial charge in [0.2, 0.25) is 6.41 Å². The number of likely N-dealkylation sites (tertiary alicyclic amines) is 1. The minimum atomic E-state index is -1.45. The summed E-state index contributed by atoms with van der Waals surface area (Å²) >= 11 is 0. The fraction of sp³-hybridized carbons (Fsp3) is 0.615. The van der Waals surface area contributed by atoms with Crippen LogP contribution < -0.4 is 10.5 Å². The molecule has 0 bridgehead atoms. The van der Waals surface area contributed by atoms with Gasteiger partial charge in [0, 0.05) is 44.7 Å². The van der Waals surface area contributed by atoms with Crippen molar-refractivity contribution in [2.45, 2.75) is 79.0 Å². The molecule has 1 aromatic heterocycles. The molecular weight excluding hydrogens is 435 g/mol. The van der Waals surface area contributed by atoms with Gasteiger partial charge in [0.25, 0.3) is 0 Å². The maximum Gasteiger partial charge on any atom is 0.209 e. The third-order valence-electron chi connectivity index (χ3n) is 4.96. The maximum atomic E-state index is 15.2. The van der Waals surface area contributed by atoms with Gasteiger partial charge in [-0.3, -0.25) is 9.89 Å². The van der Waals surface area contributed by atoms with E-state index in [-0.39, 0.29) is 18.4 Å². The highest BCUT2D eigenvalue weighted by molar-refractivity contribution is 5.69. The molecule has 0 atom stereocenters.